The summed E-state index contributed by atoms with van der Waals surface area (Å²) in [5.41, 5.74) is 1.63. The smallest absolute Gasteiger partial charge is 0.165 e. The van der Waals surface area contributed by atoms with E-state index in [2.05, 4.69) is 27.2 Å². The van der Waals surface area contributed by atoms with Gasteiger partial charge in [-0.3, -0.25) is 0 Å². The maximum absolute atomic E-state index is 5.67. The maximum Gasteiger partial charge on any atom is 0.165 e. The van der Waals surface area contributed by atoms with Gasteiger partial charge < -0.3 is 19.4 Å². The summed E-state index contributed by atoms with van der Waals surface area (Å²) in [7, 11) is 0. The van der Waals surface area contributed by atoms with E-state index in [1.165, 1.54) is 0 Å². The van der Waals surface area contributed by atoms with Crippen LogP contribution in [0.4, 0.5) is 5.82 Å². The van der Waals surface area contributed by atoms with Gasteiger partial charge >= 0.3 is 0 Å². The molecule has 2 aromatic heterocycles. The lowest BCUT2D eigenvalue weighted by molar-refractivity contribution is 0.0478. The molecular formula is C13H19N5O2. The van der Waals surface area contributed by atoms with Crippen molar-refractivity contribution in [1.29, 1.82) is 0 Å². The van der Waals surface area contributed by atoms with Crippen molar-refractivity contribution in [2.24, 2.45) is 0 Å². The van der Waals surface area contributed by atoms with E-state index in [1.807, 2.05) is 11.5 Å². The van der Waals surface area contributed by atoms with Crippen molar-refractivity contribution in [2.75, 3.05) is 25.1 Å². The van der Waals surface area contributed by atoms with Crippen molar-refractivity contribution in [1.82, 2.24) is 19.5 Å². The summed E-state index contributed by atoms with van der Waals surface area (Å²) in [6.45, 7) is 6.79. The van der Waals surface area contributed by atoms with Crippen LogP contribution in [0.5, 0.6) is 0 Å². The molecule has 1 fully saturated rings. The van der Waals surface area contributed by atoms with E-state index in [0.29, 0.717) is 19.8 Å². The second kappa shape index (κ2) is 5.72. The van der Waals surface area contributed by atoms with Crippen molar-refractivity contribution in [3.05, 3.63) is 12.7 Å². The molecule has 1 N–H and O–H groups in total. The fourth-order valence-electron chi connectivity index (χ4n) is 2.44. The molecule has 0 spiro atoms. The molecule has 108 valence electrons. The number of rotatable bonds is 5. The number of hydrogen-bond donors (Lipinski definition) is 1. The van der Waals surface area contributed by atoms with E-state index in [9.17, 15) is 0 Å². The quantitative estimate of drug-likeness (QED) is 0.881. The lowest BCUT2D eigenvalue weighted by Crippen LogP contribution is -2.34. The van der Waals surface area contributed by atoms with Crippen LogP contribution >= 0.6 is 0 Å². The Labute approximate surface area is 117 Å². The molecule has 0 unspecified atom stereocenters. The first-order chi connectivity index (χ1) is 9.83. The van der Waals surface area contributed by atoms with Gasteiger partial charge in [0, 0.05) is 13.2 Å². The maximum atomic E-state index is 5.67. The largest absolute Gasteiger partial charge is 0.376 e. The van der Waals surface area contributed by atoms with E-state index in [1.54, 1.807) is 12.7 Å². The first-order valence-electron chi connectivity index (χ1n) is 6.95. The standard InChI is InChI=1S/C13H19N5O2/c1-3-18-8-16-11-12(14-7-15-13(11)18)17-9-5-19-6-10(9)20-4-2/h7-10H,3-6H2,1-2H3,(H,14,15,17)/t9-,10-/m1/s1. The highest BCUT2D eigenvalue weighted by atomic mass is 16.5. The number of nitrogens with one attached hydrogen (secondary N) is 1. The number of hydrogen-bond acceptors (Lipinski definition) is 6. The highest BCUT2D eigenvalue weighted by Gasteiger charge is 2.29. The van der Waals surface area contributed by atoms with Crippen molar-refractivity contribution < 1.29 is 9.47 Å². The first kappa shape index (κ1) is 13.3. The molecule has 7 nitrogen and oxygen atoms in total. The SMILES string of the molecule is CCO[C@@H]1COC[C@H]1Nc1ncnc2c1ncn2CC. The molecule has 0 bridgehead atoms. The molecule has 0 amide bonds. The number of anilines is 1. The van der Waals surface area contributed by atoms with Crippen LogP contribution < -0.4 is 5.32 Å². The zero-order valence-corrected chi connectivity index (χ0v) is 11.7. The van der Waals surface area contributed by atoms with Gasteiger partial charge in [-0.05, 0) is 13.8 Å². The van der Waals surface area contributed by atoms with Crippen LogP contribution in [-0.4, -0.2) is 51.5 Å². The van der Waals surface area contributed by atoms with Crippen LogP contribution in [-0.2, 0) is 16.0 Å². The second-order valence-electron chi connectivity index (χ2n) is 4.71. The predicted octanol–water partition coefficient (Wildman–Crippen LogP) is 1.06. The Morgan fingerprint density at radius 2 is 2.25 bits per heavy atom. The molecule has 7 heteroatoms. The molecule has 0 aliphatic carbocycles. The summed E-state index contributed by atoms with van der Waals surface area (Å²) in [6.07, 6.45) is 3.40. The topological polar surface area (TPSA) is 74.1 Å². The lowest BCUT2D eigenvalue weighted by Gasteiger charge is -2.19. The molecule has 0 aromatic carbocycles. The number of ether oxygens (including phenoxy) is 2. The van der Waals surface area contributed by atoms with Gasteiger partial charge in [0.15, 0.2) is 11.5 Å². The minimum atomic E-state index is 0.0540. The molecule has 1 aliphatic rings. The molecule has 2 aromatic rings. The molecule has 20 heavy (non-hydrogen) atoms. The fourth-order valence-corrected chi connectivity index (χ4v) is 2.44. The van der Waals surface area contributed by atoms with Gasteiger partial charge in [-0.25, -0.2) is 15.0 Å². The average Bonchev–Trinajstić information content (AvgIpc) is 3.07. The summed E-state index contributed by atoms with van der Waals surface area (Å²) in [4.78, 5) is 13.0. The van der Waals surface area contributed by atoms with Gasteiger partial charge in [-0.2, -0.15) is 0 Å². The Hall–Kier alpha value is -1.73. The Bertz CT molecular complexity index is 585. The Kier molecular flexibility index (Phi) is 3.79. The molecule has 1 aliphatic heterocycles. The van der Waals surface area contributed by atoms with E-state index in [0.717, 1.165) is 23.5 Å². The molecule has 1 saturated heterocycles. The van der Waals surface area contributed by atoms with Crippen molar-refractivity contribution in [3.8, 4) is 0 Å². The summed E-state index contributed by atoms with van der Waals surface area (Å²) in [5.74, 6) is 0.738. The van der Waals surface area contributed by atoms with Crippen LogP contribution in [0.15, 0.2) is 12.7 Å². The molecule has 3 heterocycles. The Morgan fingerprint density at radius 1 is 1.35 bits per heavy atom. The third kappa shape index (κ3) is 2.34. The zero-order valence-electron chi connectivity index (χ0n) is 11.7. The number of nitrogens with zero attached hydrogens (tertiary/aromatic N) is 4. The minimum absolute atomic E-state index is 0.0540. The molecular weight excluding hydrogens is 258 g/mol. The van der Waals surface area contributed by atoms with Crippen LogP contribution in [0.25, 0.3) is 11.2 Å². The fraction of sp³-hybridized carbons (Fsp3) is 0.615. The minimum Gasteiger partial charge on any atom is -0.376 e. The van der Waals surface area contributed by atoms with E-state index in [-0.39, 0.29) is 12.1 Å². The van der Waals surface area contributed by atoms with Gasteiger partial charge in [-0.1, -0.05) is 0 Å². The summed E-state index contributed by atoms with van der Waals surface area (Å²) in [5, 5.41) is 3.38. The summed E-state index contributed by atoms with van der Waals surface area (Å²) in [6, 6.07) is 0.0971. The predicted molar refractivity (Wildman–Crippen MR) is 74.6 cm³/mol. The first-order valence-corrected chi connectivity index (χ1v) is 6.95. The normalized spacial score (nSPS) is 22.5. The molecule has 2 atom stereocenters. The van der Waals surface area contributed by atoms with Gasteiger partial charge in [0.2, 0.25) is 0 Å². The van der Waals surface area contributed by atoms with E-state index >= 15 is 0 Å². The number of aromatic nitrogens is 4. The van der Waals surface area contributed by atoms with Gasteiger partial charge in [-0.15, -0.1) is 0 Å². The highest BCUT2D eigenvalue weighted by molar-refractivity contribution is 5.82. The van der Waals surface area contributed by atoms with Gasteiger partial charge in [0.1, 0.15) is 17.9 Å². The average molecular weight is 277 g/mol. The van der Waals surface area contributed by atoms with Crippen molar-refractivity contribution in [3.63, 3.8) is 0 Å². The number of fused-ring (bicyclic) bond motifs is 1. The molecule has 0 radical (unpaired) electrons. The van der Waals surface area contributed by atoms with Crippen LogP contribution in [0.3, 0.4) is 0 Å². The van der Waals surface area contributed by atoms with Crippen LogP contribution in [0.1, 0.15) is 13.8 Å². The Balaban J connectivity index is 1.85. The van der Waals surface area contributed by atoms with Gasteiger partial charge in [0.25, 0.3) is 0 Å². The van der Waals surface area contributed by atoms with Crippen LogP contribution in [0.2, 0.25) is 0 Å². The number of imidazole rings is 1. The third-order valence-corrected chi connectivity index (χ3v) is 3.47. The third-order valence-electron chi connectivity index (χ3n) is 3.47. The second-order valence-corrected chi connectivity index (χ2v) is 4.71. The van der Waals surface area contributed by atoms with Crippen molar-refractivity contribution >= 4 is 17.0 Å². The molecule has 0 saturated carbocycles. The van der Waals surface area contributed by atoms with E-state index < -0.39 is 0 Å². The van der Waals surface area contributed by atoms with E-state index in [4.69, 9.17) is 9.47 Å². The summed E-state index contributed by atoms with van der Waals surface area (Å²) >= 11 is 0. The Morgan fingerprint density at radius 3 is 3.05 bits per heavy atom. The molecule has 3 rings (SSSR count). The monoisotopic (exact) mass is 277 g/mol. The summed E-state index contributed by atoms with van der Waals surface area (Å²) < 4.78 is 13.1. The highest BCUT2D eigenvalue weighted by Crippen LogP contribution is 2.21. The zero-order chi connectivity index (χ0) is 13.9. The van der Waals surface area contributed by atoms with Gasteiger partial charge in [0.05, 0.1) is 25.6 Å². The lowest BCUT2D eigenvalue weighted by atomic mass is 10.2. The number of aryl methyl sites for hydroxylation is 1. The van der Waals surface area contributed by atoms with Crippen molar-refractivity contribution in [2.45, 2.75) is 32.5 Å². The van der Waals surface area contributed by atoms with Crippen LogP contribution in [0, 0.1) is 0 Å².